The lowest BCUT2D eigenvalue weighted by atomic mass is 10.2. The molecule has 0 spiro atoms. The predicted molar refractivity (Wildman–Crippen MR) is 42.3 cm³/mol. The molecule has 0 bridgehead atoms. The monoisotopic (exact) mass is 182 g/mol. The van der Waals surface area contributed by atoms with Crippen molar-refractivity contribution in [3.8, 4) is 0 Å². The van der Waals surface area contributed by atoms with Gasteiger partial charge in [0.05, 0.1) is 6.54 Å². The van der Waals surface area contributed by atoms with E-state index in [0.29, 0.717) is 24.6 Å². The molecule has 0 saturated carbocycles. The molecule has 1 atom stereocenters. The maximum Gasteiger partial charge on any atom is 0.249 e. The van der Waals surface area contributed by atoms with E-state index in [-0.39, 0.29) is 18.5 Å². The van der Waals surface area contributed by atoms with Gasteiger partial charge in [0.25, 0.3) is 0 Å². The van der Waals surface area contributed by atoms with E-state index >= 15 is 0 Å². The zero-order valence-electron chi connectivity index (χ0n) is 6.99. The molecule has 3 N–H and O–H groups in total. The van der Waals surface area contributed by atoms with Gasteiger partial charge in [0.2, 0.25) is 11.8 Å². The Bertz CT molecular complexity index is 322. The fourth-order valence-electron chi connectivity index (χ4n) is 1.29. The number of amides is 1. The van der Waals surface area contributed by atoms with Crippen LogP contribution in [0.25, 0.3) is 0 Å². The highest BCUT2D eigenvalue weighted by Gasteiger charge is 2.26. The molecule has 2 heterocycles. The van der Waals surface area contributed by atoms with Gasteiger partial charge in [-0.3, -0.25) is 4.79 Å². The molecule has 1 unspecified atom stereocenters. The molecule has 0 radical (unpaired) electrons. The molecule has 70 valence electrons. The van der Waals surface area contributed by atoms with Gasteiger partial charge in [-0.1, -0.05) is 5.16 Å². The van der Waals surface area contributed by atoms with Crippen LogP contribution in [-0.4, -0.2) is 16.0 Å². The van der Waals surface area contributed by atoms with Gasteiger partial charge in [0, 0.05) is 6.42 Å². The summed E-state index contributed by atoms with van der Waals surface area (Å²) >= 11 is 0. The van der Waals surface area contributed by atoms with Gasteiger partial charge in [-0.15, -0.1) is 0 Å². The second kappa shape index (κ2) is 3.14. The lowest BCUT2D eigenvalue weighted by Crippen LogP contribution is -2.18. The van der Waals surface area contributed by atoms with Crippen LogP contribution in [0, 0.1) is 0 Å². The summed E-state index contributed by atoms with van der Waals surface area (Å²) in [6.07, 6.45) is 1.23. The van der Waals surface area contributed by atoms with E-state index in [4.69, 9.17) is 10.3 Å². The van der Waals surface area contributed by atoms with Crippen molar-refractivity contribution < 1.29 is 9.32 Å². The van der Waals surface area contributed by atoms with Crippen LogP contribution in [0.5, 0.6) is 0 Å². The first-order chi connectivity index (χ1) is 6.29. The van der Waals surface area contributed by atoms with E-state index in [1.165, 1.54) is 0 Å². The minimum atomic E-state index is -0.125. The van der Waals surface area contributed by atoms with Crippen LogP contribution < -0.4 is 11.1 Å². The minimum Gasteiger partial charge on any atom is -0.344 e. The van der Waals surface area contributed by atoms with Crippen molar-refractivity contribution in [2.24, 2.45) is 5.73 Å². The number of nitrogens with two attached hydrogens (primary N) is 1. The van der Waals surface area contributed by atoms with E-state index in [1.807, 2.05) is 0 Å². The first-order valence-corrected chi connectivity index (χ1v) is 4.11. The third-order valence-corrected chi connectivity index (χ3v) is 1.96. The highest BCUT2D eigenvalue weighted by Crippen LogP contribution is 2.21. The van der Waals surface area contributed by atoms with E-state index in [9.17, 15) is 4.79 Å². The minimum absolute atomic E-state index is 0.0255. The fourth-order valence-corrected chi connectivity index (χ4v) is 1.29. The number of hydrogen-bond donors (Lipinski definition) is 2. The van der Waals surface area contributed by atoms with Crippen LogP contribution in [-0.2, 0) is 11.3 Å². The summed E-state index contributed by atoms with van der Waals surface area (Å²) in [5.74, 6) is 0.944. The van der Waals surface area contributed by atoms with Crippen LogP contribution in [0.4, 0.5) is 0 Å². The Labute approximate surface area is 74.5 Å². The van der Waals surface area contributed by atoms with Crippen molar-refractivity contribution in [3.63, 3.8) is 0 Å². The molecule has 1 aliphatic heterocycles. The normalized spacial score (nSPS) is 21.9. The van der Waals surface area contributed by atoms with Crippen LogP contribution in [0.3, 0.4) is 0 Å². The van der Waals surface area contributed by atoms with Crippen molar-refractivity contribution in [1.29, 1.82) is 0 Å². The number of nitrogens with one attached hydrogen (secondary N) is 1. The Balaban J connectivity index is 2.12. The molecule has 1 fully saturated rings. The molecule has 6 heteroatoms. The van der Waals surface area contributed by atoms with E-state index in [2.05, 4.69) is 15.5 Å². The van der Waals surface area contributed by atoms with Gasteiger partial charge in [-0.05, 0) is 6.42 Å². The fraction of sp³-hybridized carbons (Fsp3) is 0.571. The SMILES string of the molecule is NCc1noc(C2CCC(=O)N2)n1. The van der Waals surface area contributed by atoms with Crippen LogP contribution in [0.15, 0.2) is 4.52 Å². The molecule has 1 aliphatic rings. The summed E-state index contributed by atoms with van der Waals surface area (Å²) in [6, 6.07) is -0.125. The smallest absolute Gasteiger partial charge is 0.249 e. The molecule has 1 aromatic heterocycles. The first-order valence-electron chi connectivity index (χ1n) is 4.11. The predicted octanol–water partition coefficient (Wildman–Crippen LogP) is -0.521. The standard InChI is InChI=1S/C7H10N4O2/c8-3-5-10-7(13-11-5)4-1-2-6(12)9-4/h4H,1-3,8H2,(H,9,12). The Kier molecular flexibility index (Phi) is 1.97. The summed E-state index contributed by atoms with van der Waals surface area (Å²) in [4.78, 5) is 14.9. The molecule has 2 rings (SSSR count). The number of nitrogens with zero attached hydrogens (tertiary/aromatic N) is 2. The molecule has 1 aromatic rings. The van der Waals surface area contributed by atoms with Gasteiger partial charge >= 0.3 is 0 Å². The van der Waals surface area contributed by atoms with Gasteiger partial charge in [-0.25, -0.2) is 0 Å². The summed E-state index contributed by atoms with van der Waals surface area (Å²) in [5.41, 5.74) is 5.32. The van der Waals surface area contributed by atoms with Crippen molar-refractivity contribution in [2.75, 3.05) is 0 Å². The molecular weight excluding hydrogens is 172 g/mol. The Morgan fingerprint density at radius 1 is 1.69 bits per heavy atom. The largest absolute Gasteiger partial charge is 0.344 e. The maximum absolute atomic E-state index is 10.9. The van der Waals surface area contributed by atoms with Crippen molar-refractivity contribution in [3.05, 3.63) is 11.7 Å². The Morgan fingerprint density at radius 2 is 2.54 bits per heavy atom. The van der Waals surface area contributed by atoms with Gasteiger partial charge < -0.3 is 15.6 Å². The third-order valence-electron chi connectivity index (χ3n) is 1.96. The number of aromatic nitrogens is 2. The topological polar surface area (TPSA) is 94.0 Å². The molecule has 13 heavy (non-hydrogen) atoms. The zero-order valence-corrected chi connectivity index (χ0v) is 6.99. The van der Waals surface area contributed by atoms with Crippen LogP contribution >= 0.6 is 0 Å². The first kappa shape index (κ1) is 8.18. The molecule has 1 saturated heterocycles. The van der Waals surface area contributed by atoms with Crippen LogP contribution in [0.2, 0.25) is 0 Å². The number of carbonyl (C=O) groups is 1. The quantitative estimate of drug-likeness (QED) is 0.641. The average Bonchev–Trinajstić information content (AvgIpc) is 2.71. The van der Waals surface area contributed by atoms with Gasteiger partial charge in [-0.2, -0.15) is 4.98 Å². The molecule has 0 aromatic carbocycles. The number of carbonyl (C=O) groups excluding carboxylic acids is 1. The second-order valence-corrected chi connectivity index (χ2v) is 2.91. The Morgan fingerprint density at radius 3 is 3.08 bits per heavy atom. The molecular formula is C7H10N4O2. The molecule has 1 amide bonds. The molecule has 0 aliphatic carbocycles. The van der Waals surface area contributed by atoms with Crippen molar-refractivity contribution in [2.45, 2.75) is 25.4 Å². The summed E-state index contributed by atoms with van der Waals surface area (Å²) < 4.78 is 4.93. The van der Waals surface area contributed by atoms with E-state index in [0.717, 1.165) is 0 Å². The van der Waals surface area contributed by atoms with Crippen molar-refractivity contribution >= 4 is 5.91 Å². The average molecular weight is 182 g/mol. The molecule has 6 nitrogen and oxygen atoms in total. The summed E-state index contributed by atoms with van der Waals surface area (Å²) in [6.45, 7) is 0.254. The van der Waals surface area contributed by atoms with Crippen LogP contribution in [0.1, 0.15) is 30.6 Å². The third kappa shape index (κ3) is 1.52. The number of rotatable bonds is 2. The summed E-state index contributed by atoms with van der Waals surface area (Å²) in [7, 11) is 0. The van der Waals surface area contributed by atoms with Crippen molar-refractivity contribution in [1.82, 2.24) is 15.5 Å². The second-order valence-electron chi connectivity index (χ2n) is 2.91. The number of hydrogen-bond acceptors (Lipinski definition) is 5. The Hall–Kier alpha value is -1.43. The highest BCUT2D eigenvalue weighted by atomic mass is 16.5. The highest BCUT2D eigenvalue weighted by molar-refractivity contribution is 5.78. The van der Waals surface area contributed by atoms with E-state index < -0.39 is 0 Å². The lowest BCUT2D eigenvalue weighted by molar-refractivity contribution is -0.119. The van der Waals surface area contributed by atoms with E-state index in [1.54, 1.807) is 0 Å². The van der Waals surface area contributed by atoms with Gasteiger partial charge in [0.15, 0.2) is 5.82 Å². The lowest BCUT2D eigenvalue weighted by Gasteiger charge is -2.01. The summed E-state index contributed by atoms with van der Waals surface area (Å²) in [5, 5.41) is 6.37. The van der Waals surface area contributed by atoms with Gasteiger partial charge in [0.1, 0.15) is 6.04 Å². The zero-order chi connectivity index (χ0) is 9.26. The maximum atomic E-state index is 10.9.